The first-order valence-corrected chi connectivity index (χ1v) is 16.8. The average Bonchev–Trinajstić information content (AvgIpc) is 3.14. The summed E-state index contributed by atoms with van der Waals surface area (Å²) in [6.45, 7) is 0.298. The van der Waals surface area contributed by atoms with Gasteiger partial charge in [0.1, 0.15) is 18.5 Å². The van der Waals surface area contributed by atoms with Crippen LogP contribution in [0.4, 0.5) is 0 Å². The lowest BCUT2D eigenvalue weighted by molar-refractivity contribution is -0.154. The molecule has 8 nitrogen and oxygen atoms in total. The van der Waals surface area contributed by atoms with E-state index in [4.69, 9.17) is 9.47 Å². The van der Waals surface area contributed by atoms with Crippen molar-refractivity contribution in [2.75, 3.05) is 13.2 Å². The minimum atomic E-state index is -0.678. The second-order valence-electron chi connectivity index (χ2n) is 12.4. The van der Waals surface area contributed by atoms with Crippen molar-refractivity contribution in [2.45, 2.75) is 50.9 Å². The summed E-state index contributed by atoms with van der Waals surface area (Å²) >= 11 is 0. The van der Waals surface area contributed by atoms with Crippen LogP contribution < -0.4 is 15.4 Å². The number of amides is 2. The molecule has 0 fully saturated rings. The van der Waals surface area contributed by atoms with Gasteiger partial charge in [0, 0.05) is 6.42 Å². The molecule has 4 atom stereocenters. The van der Waals surface area contributed by atoms with Crippen LogP contribution in [0.5, 0.6) is 5.75 Å². The SMILES string of the molecule is O=C(C[C@H]1CC=CC[C@@H](Cc2ccccc2)C(=O)O[C@@H](c2ccccc2)CNC1=O)N[C@H](CO)Cc1ccc(OCc2ccccc2)cc1. The Balaban J connectivity index is 1.21. The van der Waals surface area contributed by atoms with Gasteiger partial charge in [0.05, 0.1) is 31.0 Å². The predicted molar refractivity (Wildman–Crippen MR) is 188 cm³/mol. The third-order valence-corrected chi connectivity index (χ3v) is 8.60. The summed E-state index contributed by atoms with van der Waals surface area (Å²) in [5.74, 6) is -1.26. The van der Waals surface area contributed by atoms with Crippen molar-refractivity contribution >= 4 is 17.8 Å². The second kappa shape index (κ2) is 18.4. The number of allylic oxidation sites excluding steroid dienone is 2. The molecule has 0 aliphatic carbocycles. The van der Waals surface area contributed by atoms with Gasteiger partial charge in [-0.2, -0.15) is 0 Å². The zero-order chi connectivity index (χ0) is 34.3. The molecule has 2 amide bonds. The van der Waals surface area contributed by atoms with Gasteiger partial charge in [0.15, 0.2) is 0 Å². The molecule has 1 aliphatic rings. The fourth-order valence-corrected chi connectivity index (χ4v) is 5.85. The Bertz CT molecular complexity index is 1640. The molecule has 0 saturated heterocycles. The maximum atomic E-state index is 13.4. The number of benzene rings is 4. The Morgan fingerprint density at radius 2 is 1.41 bits per heavy atom. The summed E-state index contributed by atoms with van der Waals surface area (Å²) < 4.78 is 11.9. The Hall–Kier alpha value is -5.21. The van der Waals surface area contributed by atoms with Crippen molar-refractivity contribution in [3.05, 3.63) is 150 Å². The number of carbonyl (C=O) groups excluding carboxylic acids is 3. The van der Waals surface area contributed by atoms with Gasteiger partial charge in [-0.25, -0.2) is 0 Å². The highest BCUT2D eigenvalue weighted by Crippen LogP contribution is 2.24. The van der Waals surface area contributed by atoms with Crippen LogP contribution in [-0.4, -0.2) is 42.1 Å². The van der Waals surface area contributed by atoms with Gasteiger partial charge in [0.25, 0.3) is 0 Å². The lowest BCUT2D eigenvalue weighted by Gasteiger charge is -2.24. The molecule has 8 heteroatoms. The van der Waals surface area contributed by atoms with Crippen molar-refractivity contribution in [1.82, 2.24) is 10.6 Å². The van der Waals surface area contributed by atoms with Crippen LogP contribution in [-0.2, 0) is 38.6 Å². The van der Waals surface area contributed by atoms with Crippen molar-refractivity contribution in [1.29, 1.82) is 0 Å². The monoisotopic (exact) mass is 660 g/mol. The van der Waals surface area contributed by atoms with Gasteiger partial charge in [-0.3, -0.25) is 14.4 Å². The van der Waals surface area contributed by atoms with E-state index in [1.54, 1.807) is 0 Å². The summed E-state index contributed by atoms with van der Waals surface area (Å²) in [7, 11) is 0. The smallest absolute Gasteiger partial charge is 0.310 e. The molecule has 5 rings (SSSR count). The maximum absolute atomic E-state index is 13.4. The lowest BCUT2D eigenvalue weighted by Crippen LogP contribution is -2.42. The van der Waals surface area contributed by atoms with E-state index in [2.05, 4.69) is 10.6 Å². The van der Waals surface area contributed by atoms with Gasteiger partial charge in [-0.1, -0.05) is 115 Å². The van der Waals surface area contributed by atoms with Gasteiger partial charge < -0.3 is 25.2 Å². The molecule has 0 radical (unpaired) electrons. The average molecular weight is 661 g/mol. The molecule has 0 saturated carbocycles. The number of ether oxygens (including phenoxy) is 2. The Morgan fingerprint density at radius 3 is 2.06 bits per heavy atom. The predicted octanol–water partition coefficient (Wildman–Crippen LogP) is 5.90. The molecule has 49 heavy (non-hydrogen) atoms. The lowest BCUT2D eigenvalue weighted by atomic mass is 9.94. The zero-order valence-corrected chi connectivity index (χ0v) is 27.6. The number of aliphatic hydroxyl groups is 1. The van der Waals surface area contributed by atoms with Crippen molar-refractivity contribution in [3.8, 4) is 5.75 Å². The zero-order valence-electron chi connectivity index (χ0n) is 27.6. The molecule has 3 N–H and O–H groups in total. The number of carbonyl (C=O) groups is 3. The van der Waals surface area contributed by atoms with E-state index < -0.39 is 24.0 Å². The minimum absolute atomic E-state index is 0.0534. The van der Waals surface area contributed by atoms with Crippen LogP contribution in [0, 0.1) is 11.8 Å². The van der Waals surface area contributed by atoms with Crippen molar-refractivity contribution < 1.29 is 29.0 Å². The van der Waals surface area contributed by atoms with Crippen molar-refractivity contribution in [2.24, 2.45) is 11.8 Å². The molecule has 0 bridgehead atoms. The molecule has 0 unspecified atom stereocenters. The Labute approximate surface area is 288 Å². The van der Waals surface area contributed by atoms with E-state index in [0.29, 0.717) is 32.3 Å². The van der Waals surface area contributed by atoms with Crippen molar-refractivity contribution in [3.63, 3.8) is 0 Å². The molecule has 1 heterocycles. The fourth-order valence-electron chi connectivity index (χ4n) is 5.85. The van der Waals surface area contributed by atoms with Gasteiger partial charge >= 0.3 is 5.97 Å². The second-order valence-corrected chi connectivity index (χ2v) is 12.4. The highest BCUT2D eigenvalue weighted by Gasteiger charge is 2.28. The number of hydrogen-bond donors (Lipinski definition) is 3. The number of aliphatic hydroxyl groups excluding tert-OH is 1. The summed E-state index contributed by atoms with van der Waals surface area (Å²) in [4.78, 5) is 40.1. The topological polar surface area (TPSA) is 114 Å². The number of nitrogens with one attached hydrogen (secondary N) is 2. The first-order chi connectivity index (χ1) is 24.0. The van der Waals surface area contributed by atoms with Crippen LogP contribution in [0.3, 0.4) is 0 Å². The standard InChI is InChI=1S/C41H44N2O6/c44-28-36(25-31-20-22-37(23-21-31)48-29-32-14-6-2-7-15-32)43-39(45)26-34-18-10-11-19-35(24-30-12-4-1-5-13-30)41(47)49-38(27-42-40(34)46)33-16-8-3-9-17-33/h1-17,20-23,34-36,38,44H,18-19,24-29H2,(H,42,46)(H,43,45)/t34-,35+,36+,38-/m1/s1. The molecule has 254 valence electrons. The van der Waals surface area contributed by atoms with Crippen LogP contribution in [0.15, 0.2) is 127 Å². The summed E-state index contributed by atoms with van der Waals surface area (Å²) in [5.41, 5.74) is 3.82. The van der Waals surface area contributed by atoms with Crippen LogP contribution in [0.2, 0.25) is 0 Å². The van der Waals surface area contributed by atoms with Crippen LogP contribution in [0.1, 0.15) is 47.6 Å². The molecular formula is C41H44N2O6. The summed E-state index contributed by atoms with van der Waals surface area (Å²) in [6, 6.07) is 36.2. The molecule has 4 aromatic carbocycles. The molecule has 1 aliphatic heterocycles. The largest absolute Gasteiger partial charge is 0.489 e. The highest BCUT2D eigenvalue weighted by atomic mass is 16.5. The van der Waals surface area contributed by atoms with Gasteiger partial charge in [-0.05, 0) is 60.1 Å². The van der Waals surface area contributed by atoms with E-state index in [9.17, 15) is 19.5 Å². The Morgan fingerprint density at radius 1 is 0.796 bits per heavy atom. The quantitative estimate of drug-likeness (QED) is 0.129. The first-order valence-electron chi connectivity index (χ1n) is 16.8. The third-order valence-electron chi connectivity index (χ3n) is 8.60. The number of cyclic esters (lactones) is 1. The molecule has 4 aromatic rings. The molecule has 0 aromatic heterocycles. The number of hydrogen-bond acceptors (Lipinski definition) is 6. The van der Waals surface area contributed by atoms with Crippen LogP contribution >= 0.6 is 0 Å². The normalized spacial score (nSPS) is 19.0. The van der Waals surface area contributed by atoms with Gasteiger partial charge in [0.2, 0.25) is 11.8 Å². The Kier molecular flexibility index (Phi) is 13.2. The third kappa shape index (κ3) is 11.2. The summed E-state index contributed by atoms with van der Waals surface area (Å²) in [6.07, 6.45) is 4.75. The minimum Gasteiger partial charge on any atom is -0.489 e. The van der Waals surface area contributed by atoms with E-state index in [1.165, 1.54) is 0 Å². The molecular weight excluding hydrogens is 616 g/mol. The highest BCUT2D eigenvalue weighted by molar-refractivity contribution is 5.86. The fraction of sp³-hybridized carbons (Fsp3) is 0.293. The van der Waals surface area contributed by atoms with E-state index >= 15 is 0 Å². The molecule has 0 spiro atoms. The van der Waals surface area contributed by atoms with E-state index in [-0.39, 0.29) is 37.4 Å². The first kappa shape index (κ1) is 35.1. The van der Waals surface area contributed by atoms with Crippen LogP contribution in [0.25, 0.3) is 0 Å². The van der Waals surface area contributed by atoms with E-state index in [1.807, 2.05) is 127 Å². The maximum Gasteiger partial charge on any atom is 0.310 e. The van der Waals surface area contributed by atoms with E-state index in [0.717, 1.165) is 28.0 Å². The number of rotatable bonds is 12. The van der Waals surface area contributed by atoms with Gasteiger partial charge in [-0.15, -0.1) is 0 Å². The summed E-state index contributed by atoms with van der Waals surface area (Å²) in [5, 5.41) is 15.9. The number of esters is 1.